The molecule has 2 aromatic rings. The Hall–Kier alpha value is -2.38. The van der Waals surface area contributed by atoms with Gasteiger partial charge in [-0.3, -0.25) is 4.21 Å². The van der Waals surface area contributed by atoms with Gasteiger partial charge in [-0.05, 0) is 41.8 Å². The Kier molecular flexibility index (Phi) is 4.78. The fourth-order valence-electron chi connectivity index (χ4n) is 2.85. The van der Waals surface area contributed by atoms with E-state index < -0.39 is 40.5 Å². The van der Waals surface area contributed by atoms with Crippen molar-refractivity contribution in [1.29, 1.82) is 0 Å². The second-order valence-corrected chi connectivity index (χ2v) is 6.50. The van der Waals surface area contributed by atoms with Crippen molar-refractivity contribution < 1.29 is 27.1 Å². The SMILES string of the molecule is CC1OC(=O)C(c2cccc(F)c2)=C1c1ccc(CS(=O)[O-])c(F)c1. The summed E-state index contributed by atoms with van der Waals surface area (Å²) in [7, 11) is 0. The Bertz CT molecular complexity index is 908. The zero-order valence-corrected chi connectivity index (χ0v) is 13.9. The van der Waals surface area contributed by atoms with Crippen molar-refractivity contribution in [3.63, 3.8) is 0 Å². The van der Waals surface area contributed by atoms with Crippen LogP contribution in [-0.4, -0.2) is 20.8 Å². The van der Waals surface area contributed by atoms with Crippen molar-refractivity contribution in [2.75, 3.05) is 0 Å². The highest BCUT2D eigenvalue weighted by Gasteiger charge is 2.33. The number of rotatable bonds is 4. The molecule has 0 aromatic heterocycles. The molecule has 0 amide bonds. The second-order valence-electron chi connectivity index (χ2n) is 5.60. The van der Waals surface area contributed by atoms with Crippen molar-refractivity contribution >= 4 is 28.2 Å². The molecule has 3 rings (SSSR count). The molecule has 0 radical (unpaired) electrons. The molecule has 7 heteroatoms. The van der Waals surface area contributed by atoms with Gasteiger partial charge in [0.2, 0.25) is 0 Å². The van der Waals surface area contributed by atoms with Crippen molar-refractivity contribution in [2.24, 2.45) is 0 Å². The van der Waals surface area contributed by atoms with Crippen LogP contribution in [0.4, 0.5) is 8.78 Å². The first-order chi connectivity index (χ1) is 11.9. The lowest BCUT2D eigenvalue weighted by Crippen LogP contribution is -2.06. The van der Waals surface area contributed by atoms with Gasteiger partial charge in [-0.1, -0.05) is 35.3 Å². The molecule has 0 aliphatic carbocycles. The van der Waals surface area contributed by atoms with Crippen molar-refractivity contribution in [3.8, 4) is 0 Å². The van der Waals surface area contributed by atoms with Gasteiger partial charge in [-0.2, -0.15) is 0 Å². The summed E-state index contributed by atoms with van der Waals surface area (Å²) < 4.78 is 54.4. The van der Waals surface area contributed by atoms with E-state index in [0.717, 1.165) is 6.07 Å². The highest BCUT2D eigenvalue weighted by atomic mass is 32.2. The molecule has 1 aliphatic heterocycles. The summed E-state index contributed by atoms with van der Waals surface area (Å²) in [6.07, 6.45) is -0.635. The van der Waals surface area contributed by atoms with E-state index in [0.29, 0.717) is 16.7 Å². The number of ether oxygens (including phenoxy) is 1. The van der Waals surface area contributed by atoms with Crippen LogP contribution in [0.1, 0.15) is 23.6 Å². The van der Waals surface area contributed by atoms with Crippen molar-refractivity contribution in [3.05, 3.63) is 70.8 Å². The van der Waals surface area contributed by atoms with E-state index in [-0.39, 0.29) is 11.1 Å². The largest absolute Gasteiger partial charge is 0.772 e. The van der Waals surface area contributed by atoms with Crippen molar-refractivity contribution in [2.45, 2.75) is 18.8 Å². The van der Waals surface area contributed by atoms with E-state index in [1.807, 2.05) is 0 Å². The summed E-state index contributed by atoms with van der Waals surface area (Å²) in [6, 6.07) is 9.55. The highest BCUT2D eigenvalue weighted by Crippen LogP contribution is 2.37. The van der Waals surface area contributed by atoms with Crippen LogP contribution in [0.2, 0.25) is 0 Å². The van der Waals surface area contributed by atoms with Crippen LogP contribution < -0.4 is 0 Å². The van der Waals surface area contributed by atoms with Crippen LogP contribution in [0.15, 0.2) is 42.5 Å². The van der Waals surface area contributed by atoms with Crippen LogP contribution in [0.25, 0.3) is 11.1 Å². The predicted octanol–water partition coefficient (Wildman–Crippen LogP) is 3.20. The number of esters is 1. The third kappa shape index (κ3) is 3.52. The maximum atomic E-state index is 14.2. The van der Waals surface area contributed by atoms with E-state index in [1.165, 1.54) is 30.3 Å². The predicted molar refractivity (Wildman–Crippen MR) is 87.8 cm³/mol. The maximum Gasteiger partial charge on any atom is 0.339 e. The second kappa shape index (κ2) is 6.85. The molecule has 2 aromatic carbocycles. The van der Waals surface area contributed by atoms with Gasteiger partial charge in [-0.15, -0.1) is 0 Å². The molecule has 4 nitrogen and oxygen atoms in total. The van der Waals surface area contributed by atoms with Gasteiger partial charge in [0, 0.05) is 11.3 Å². The van der Waals surface area contributed by atoms with Crippen LogP contribution in [0.5, 0.6) is 0 Å². The van der Waals surface area contributed by atoms with Gasteiger partial charge in [0.05, 0.1) is 5.57 Å². The van der Waals surface area contributed by atoms with Gasteiger partial charge < -0.3 is 9.29 Å². The van der Waals surface area contributed by atoms with Crippen LogP contribution in [0, 0.1) is 11.6 Å². The molecule has 25 heavy (non-hydrogen) atoms. The van der Waals surface area contributed by atoms with E-state index in [9.17, 15) is 22.3 Å². The number of benzene rings is 2. The van der Waals surface area contributed by atoms with Gasteiger partial charge >= 0.3 is 5.97 Å². The zero-order valence-electron chi connectivity index (χ0n) is 13.1. The number of cyclic esters (lactones) is 1. The summed E-state index contributed by atoms with van der Waals surface area (Å²) in [6.45, 7) is 1.64. The van der Waals surface area contributed by atoms with Gasteiger partial charge in [0.15, 0.2) is 0 Å². The number of carbonyl (C=O) groups is 1. The van der Waals surface area contributed by atoms with Gasteiger partial charge in [0.1, 0.15) is 17.7 Å². The minimum atomic E-state index is -2.41. The first kappa shape index (κ1) is 17.4. The van der Waals surface area contributed by atoms with Crippen molar-refractivity contribution in [1.82, 2.24) is 0 Å². The molecule has 1 aliphatic rings. The van der Waals surface area contributed by atoms with E-state index in [2.05, 4.69) is 0 Å². The summed E-state index contributed by atoms with van der Waals surface area (Å²) >= 11 is -2.41. The molecular formula is C18H13F2O4S-. The summed E-state index contributed by atoms with van der Waals surface area (Å²) in [4.78, 5) is 12.2. The smallest absolute Gasteiger partial charge is 0.339 e. The minimum absolute atomic E-state index is 0.0304. The number of hydrogen-bond acceptors (Lipinski definition) is 4. The highest BCUT2D eigenvalue weighted by molar-refractivity contribution is 7.78. The average Bonchev–Trinajstić information content (AvgIpc) is 2.83. The molecule has 0 N–H and O–H groups in total. The lowest BCUT2D eigenvalue weighted by atomic mass is 9.93. The molecule has 0 saturated carbocycles. The molecule has 0 bridgehead atoms. The number of carbonyl (C=O) groups excluding carboxylic acids is 1. The Morgan fingerprint density at radius 3 is 2.56 bits per heavy atom. The molecule has 1 heterocycles. The average molecular weight is 363 g/mol. The van der Waals surface area contributed by atoms with E-state index in [1.54, 1.807) is 13.0 Å². The lowest BCUT2D eigenvalue weighted by molar-refractivity contribution is -0.136. The summed E-state index contributed by atoms with van der Waals surface area (Å²) in [5.41, 5.74) is 1.36. The molecule has 0 fully saturated rings. The maximum absolute atomic E-state index is 14.2. The van der Waals surface area contributed by atoms with Crippen LogP contribution in [-0.2, 0) is 26.4 Å². The number of halogens is 2. The van der Waals surface area contributed by atoms with Gasteiger partial charge in [-0.25, -0.2) is 13.6 Å². The van der Waals surface area contributed by atoms with Gasteiger partial charge in [0.25, 0.3) is 0 Å². The van der Waals surface area contributed by atoms with Crippen LogP contribution in [0.3, 0.4) is 0 Å². The quantitative estimate of drug-likeness (QED) is 0.618. The van der Waals surface area contributed by atoms with E-state index >= 15 is 0 Å². The molecule has 2 atom stereocenters. The number of hydrogen-bond donors (Lipinski definition) is 0. The zero-order chi connectivity index (χ0) is 18.1. The summed E-state index contributed by atoms with van der Waals surface area (Å²) in [5, 5.41) is 0. The Balaban J connectivity index is 2.13. The fraction of sp³-hybridized carbons (Fsp3) is 0.167. The molecule has 0 spiro atoms. The lowest BCUT2D eigenvalue weighted by Gasteiger charge is -2.12. The molecule has 0 saturated heterocycles. The molecule has 2 unspecified atom stereocenters. The monoisotopic (exact) mass is 363 g/mol. The first-order valence-electron chi connectivity index (χ1n) is 7.42. The normalized spacial score (nSPS) is 18.4. The Morgan fingerprint density at radius 1 is 1.16 bits per heavy atom. The fourth-order valence-corrected chi connectivity index (χ4v) is 3.33. The third-order valence-electron chi connectivity index (χ3n) is 3.91. The summed E-state index contributed by atoms with van der Waals surface area (Å²) in [5.74, 6) is -2.25. The topological polar surface area (TPSA) is 66.4 Å². The molecular weight excluding hydrogens is 350 g/mol. The van der Waals surface area contributed by atoms with Crippen LogP contribution >= 0.6 is 0 Å². The Morgan fingerprint density at radius 2 is 1.92 bits per heavy atom. The molecule has 130 valence electrons. The minimum Gasteiger partial charge on any atom is -0.772 e. The first-order valence-corrected chi connectivity index (χ1v) is 8.67. The standard InChI is InChI=1S/C18H14F2O4S/c1-10-16(12-5-6-13(9-25(22)23)15(20)8-12)17(18(21)24-10)11-3-2-4-14(19)7-11/h2-8,10H,9H2,1H3,(H,22,23)/p-1. The van der Waals surface area contributed by atoms with E-state index in [4.69, 9.17) is 4.74 Å². The third-order valence-corrected chi connectivity index (χ3v) is 4.46. The Labute approximate surface area is 145 Å².